The standard InChI is InChI=1S/C17H25N3O.2ClH/c21-17(14-18-13-15-7-8-15)20-10-4-9-19(11-12-20)16-5-2-1-3-6-16;;/h1-3,5-6,15,18H,4,7-14H2;2*1H. The predicted molar refractivity (Wildman–Crippen MR) is 99.9 cm³/mol. The van der Waals surface area contributed by atoms with Crippen LogP contribution in [0.25, 0.3) is 0 Å². The van der Waals surface area contributed by atoms with Crippen molar-refractivity contribution in [3.05, 3.63) is 30.3 Å². The van der Waals surface area contributed by atoms with E-state index in [1.807, 2.05) is 11.0 Å². The summed E-state index contributed by atoms with van der Waals surface area (Å²) in [6, 6.07) is 10.5. The van der Waals surface area contributed by atoms with E-state index < -0.39 is 0 Å². The molecule has 4 nitrogen and oxygen atoms in total. The van der Waals surface area contributed by atoms with Crippen LogP contribution in [0.1, 0.15) is 19.3 Å². The minimum atomic E-state index is 0. The van der Waals surface area contributed by atoms with E-state index in [1.54, 1.807) is 0 Å². The maximum Gasteiger partial charge on any atom is 0.236 e. The molecule has 0 atom stereocenters. The molecule has 0 spiro atoms. The SMILES string of the molecule is Cl.Cl.O=C(CNCC1CC1)N1CCCN(c2ccccc2)CC1. The fraction of sp³-hybridized carbons (Fsp3) is 0.588. The van der Waals surface area contributed by atoms with Crippen molar-refractivity contribution in [1.29, 1.82) is 0 Å². The molecule has 1 saturated carbocycles. The molecule has 1 aromatic carbocycles. The molecular formula is C17H27Cl2N3O. The lowest BCUT2D eigenvalue weighted by Crippen LogP contribution is -2.40. The molecule has 1 saturated heterocycles. The van der Waals surface area contributed by atoms with Gasteiger partial charge in [-0.3, -0.25) is 4.79 Å². The van der Waals surface area contributed by atoms with Gasteiger partial charge in [-0.05, 0) is 43.9 Å². The van der Waals surface area contributed by atoms with Crippen LogP contribution in [-0.4, -0.2) is 50.1 Å². The molecule has 1 N–H and O–H groups in total. The van der Waals surface area contributed by atoms with Crippen LogP contribution in [0.15, 0.2) is 30.3 Å². The molecule has 2 fully saturated rings. The van der Waals surface area contributed by atoms with Crippen LogP contribution in [0.5, 0.6) is 0 Å². The normalized spacial score (nSPS) is 17.7. The van der Waals surface area contributed by atoms with Gasteiger partial charge in [0.2, 0.25) is 5.91 Å². The lowest BCUT2D eigenvalue weighted by molar-refractivity contribution is -0.130. The van der Waals surface area contributed by atoms with Gasteiger partial charge in [-0.1, -0.05) is 18.2 Å². The summed E-state index contributed by atoms with van der Waals surface area (Å²) in [6.45, 7) is 5.19. The van der Waals surface area contributed by atoms with Crippen LogP contribution < -0.4 is 10.2 Å². The molecule has 1 aliphatic carbocycles. The maximum absolute atomic E-state index is 12.2. The van der Waals surface area contributed by atoms with Gasteiger partial charge >= 0.3 is 0 Å². The summed E-state index contributed by atoms with van der Waals surface area (Å²) in [7, 11) is 0. The van der Waals surface area contributed by atoms with Gasteiger partial charge in [0.1, 0.15) is 0 Å². The smallest absolute Gasteiger partial charge is 0.236 e. The van der Waals surface area contributed by atoms with Crippen molar-refractivity contribution < 1.29 is 4.79 Å². The number of benzene rings is 1. The topological polar surface area (TPSA) is 35.6 Å². The van der Waals surface area contributed by atoms with E-state index in [0.717, 1.165) is 45.1 Å². The number of anilines is 1. The van der Waals surface area contributed by atoms with Gasteiger partial charge in [-0.25, -0.2) is 0 Å². The van der Waals surface area contributed by atoms with Crippen LogP contribution in [-0.2, 0) is 4.79 Å². The van der Waals surface area contributed by atoms with Crippen molar-refractivity contribution in [2.24, 2.45) is 5.92 Å². The Morgan fingerprint density at radius 3 is 2.48 bits per heavy atom. The highest BCUT2D eigenvalue weighted by atomic mass is 35.5. The molecule has 0 aromatic heterocycles. The van der Waals surface area contributed by atoms with Crippen LogP contribution in [0.2, 0.25) is 0 Å². The second-order valence-electron chi connectivity index (χ2n) is 6.13. The Labute approximate surface area is 151 Å². The van der Waals surface area contributed by atoms with Crippen LogP contribution in [0.3, 0.4) is 0 Å². The van der Waals surface area contributed by atoms with Crippen molar-refractivity contribution in [2.75, 3.05) is 44.2 Å². The molecule has 130 valence electrons. The number of halogens is 2. The number of para-hydroxylation sites is 1. The third kappa shape index (κ3) is 6.21. The van der Waals surface area contributed by atoms with Gasteiger partial charge in [-0.2, -0.15) is 0 Å². The van der Waals surface area contributed by atoms with E-state index in [9.17, 15) is 4.79 Å². The van der Waals surface area contributed by atoms with E-state index in [0.29, 0.717) is 6.54 Å². The Hall–Kier alpha value is -0.970. The molecule has 3 rings (SSSR count). The number of hydrogen-bond acceptors (Lipinski definition) is 3. The summed E-state index contributed by atoms with van der Waals surface area (Å²) in [5, 5.41) is 3.30. The zero-order chi connectivity index (χ0) is 14.5. The summed E-state index contributed by atoms with van der Waals surface area (Å²) in [6.07, 6.45) is 3.71. The summed E-state index contributed by atoms with van der Waals surface area (Å²) in [5.41, 5.74) is 1.26. The zero-order valence-corrected chi connectivity index (χ0v) is 15.1. The van der Waals surface area contributed by atoms with Gasteiger partial charge in [0.05, 0.1) is 6.54 Å². The fourth-order valence-corrected chi connectivity index (χ4v) is 2.88. The summed E-state index contributed by atoms with van der Waals surface area (Å²) < 4.78 is 0. The van der Waals surface area contributed by atoms with Gasteiger partial charge in [0.15, 0.2) is 0 Å². The van der Waals surface area contributed by atoms with Gasteiger partial charge in [0.25, 0.3) is 0 Å². The summed E-state index contributed by atoms with van der Waals surface area (Å²) in [5.74, 6) is 1.08. The van der Waals surface area contributed by atoms with E-state index in [1.165, 1.54) is 18.5 Å². The molecule has 1 aliphatic heterocycles. The highest BCUT2D eigenvalue weighted by Crippen LogP contribution is 2.27. The van der Waals surface area contributed by atoms with Crippen molar-refractivity contribution in [3.63, 3.8) is 0 Å². The molecule has 1 aromatic rings. The first kappa shape index (κ1) is 20.1. The largest absolute Gasteiger partial charge is 0.370 e. The summed E-state index contributed by atoms with van der Waals surface area (Å²) >= 11 is 0. The molecule has 0 bridgehead atoms. The third-order valence-corrected chi connectivity index (χ3v) is 4.38. The first-order valence-corrected chi connectivity index (χ1v) is 8.11. The Morgan fingerprint density at radius 2 is 1.78 bits per heavy atom. The first-order valence-electron chi connectivity index (χ1n) is 8.11. The second kappa shape index (κ2) is 10.0. The molecular weight excluding hydrogens is 333 g/mol. The highest BCUT2D eigenvalue weighted by molar-refractivity contribution is 5.85. The number of rotatable bonds is 5. The summed E-state index contributed by atoms with van der Waals surface area (Å²) in [4.78, 5) is 16.6. The number of amides is 1. The van der Waals surface area contributed by atoms with Crippen LogP contribution in [0, 0.1) is 5.92 Å². The molecule has 1 heterocycles. The number of hydrogen-bond donors (Lipinski definition) is 1. The van der Waals surface area contributed by atoms with Crippen molar-refractivity contribution in [1.82, 2.24) is 10.2 Å². The van der Waals surface area contributed by atoms with E-state index in [-0.39, 0.29) is 30.7 Å². The Morgan fingerprint density at radius 1 is 1.04 bits per heavy atom. The minimum Gasteiger partial charge on any atom is -0.370 e. The number of nitrogens with zero attached hydrogens (tertiary/aromatic N) is 2. The van der Waals surface area contributed by atoms with Gasteiger partial charge < -0.3 is 15.1 Å². The van der Waals surface area contributed by atoms with Crippen LogP contribution in [0.4, 0.5) is 5.69 Å². The fourth-order valence-electron chi connectivity index (χ4n) is 2.88. The Balaban J connectivity index is 0.00000132. The first-order chi connectivity index (χ1) is 10.3. The average molecular weight is 360 g/mol. The monoisotopic (exact) mass is 359 g/mol. The number of nitrogens with one attached hydrogen (secondary N) is 1. The van der Waals surface area contributed by atoms with Crippen molar-refractivity contribution >= 4 is 36.4 Å². The zero-order valence-electron chi connectivity index (χ0n) is 13.4. The molecule has 0 unspecified atom stereocenters. The minimum absolute atomic E-state index is 0. The number of carbonyl (C=O) groups excluding carboxylic acids is 1. The molecule has 2 aliphatic rings. The van der Waals surface area contributed by atoms with Crippen LogP contribution >= 0.6 is 24.8 Å². The van der Waals surface area contributed by atoms with Gasteiger partial charge in [0, 0.05) is 31.9 Å². The van der Waals surface area contributed by atoms with E-state index in [4.69, 9.17) is 0 Å². The predicted octanol–water partition coefficient (Wildman–Crippen LogP) is 2.57. The molecule has 23 heavy (non-hydrogen) atoms. The lowest BCUT2D eigenvalue weighted by atomic mass is 10.3. The van der Waals surface area contributed by atoms with Gasteiger partial charge in [-0.15, -0.1) is 24.8 Å². The Kier molecular flexibility index (Phi) is 8.74. The Bertz CT molecular complexity index is 468. The molecule has 6 heteroatoms. The van der Waals surface area contributed by atoms with Crippen molar-refractivity contribution in [3.8, 4) is 0 Å². The molecule has 1 amide bonds. The lowest BCUT2D eigenvalue weighted by Gasteiger charge is -2.23. The third-order valence-electron chi connectivity index (χ3n) is 4.38. The second-order valence-corrected chi connectivity index (χ2v) is 6.13. The highest BCUT2D eigenvalue weighted by Gasteiger charge is 2.22. The maximum atomic E-state index is 12.2. The molecule has 0 radical (unpaired) electrons. The van der Waals surface area contributed by atoms with E-state index >= 15 is 0 Å². The van der Waals surface area contributed by atoms with Crippen molar-refractivity contribution in [2.45, 2.75) is 19.3 Å². The quantitative estimate of drug-likeness (QED) is 0.877. The average Bonchev–Trinajstić information content (AvgIpc) is 3.34. The van der Waals surface area contributed by atoms with E-state index in [2.05, 4.69) is 34.5 Å². The number of carbonyl (C=O) groups is 1.